The lowest BCUT2D eigenvalue weighted by atomic mass is 10.1. The summed E-state index contributed by atoms with van der Waals surface area (Å²) in [6.45, 7) is 6.32. The van der Waals surface area contributed by atoms with Crippen molar-refractivity contribution >= 4 is 28.7 Å². The highest BCUT2D eigenvalue weighted by atomic mass is 32.2. The van der Waals surface area contributed by atoms with E-state index in [1.807, 2.05) is 67.5 Å². The van der Waals surface area contributed by atoms with Crippen LogP contribution in [0.1, 0.15) is 27.8 Å². The Morgan fingerprint density at radius 2 is 1.69 bits per heavy atom. The number of esters is 1. The van der Waals surface area contributed by atoms with Gasteiger partial charge in [-0.25, -0.2) is 9.00 Å². The highest BCUT2D eigenvalue weighted by Gasteiger charge is 2.21. The van der Waals surface area contributed by atoms with E-state index < -0.39 is 17.0 Å². The maximum absolute atomic E-state index is 13.8. The average Bonchev–Trinajstić information content (AvgIpc) is 2.75. The molecule has 0 aliphatic heterocycles. The first-order valence-corrected chi connectivity index (χ1v) is 11.3. The number of aryl methyl sites for hydroxylation is 3. The van der Waals surface area contributed by atoms with Crippen molar-refractivity contribution in [2.24, 2.45) is 0 Å². The minimum atomic E-state index is -1.47. The lowest BCUT2D eigenvalue weighted by Crippen LogP contribution is -2.26. The molecular formula is C26H27NO4S. The van der Waals surface area contributed by atoms with E-state index in [1.165, 1.54) is 13.2 Å². The van der Waals surface area contributed by atoms with Gasteiger partial charge < -0.3 is 9.84 Å². The molecule has 0 aliphatic rings. The topological polar surface area (TPSA) is 66.8 Å². The van der Waals surface area contributed by atoms with Crippen molar-refractivity contribution in [3.8, 4) is 5.75 Å². The Kier molecular flexibility index (Phi) is 7.49. The van der Waals surface area contributed by atoms with Crippen LogP contribution in [-0.4, -0.2) is 22.4 Å². The van der Waals surface area contributed by atoms with Crippen LogP contribution in [0.3, 0.4) is 0 Å². The minimum absolute atomic E-state index is 0.166. The molecule has 0 aromatic heterocycles. The number of hydrogen-bond acceptors (Lipinski definition) is 4. The standard InChI is InChI=1S/C26H27NO4S/c1-18-14-19(2)26(20(3)15-18)32(30)27(17-22-6-5-7-24(28)16-22)23-11-8-21(9-12-23)10-13-25(29)31-4/h5-16,28H,17H2,1-4H3/b13-10+. The molecule has 0 amide bonds. The van der Waals surface area contributed by atoms with Crippen molar-refractivity contribution in [2.45, 2.75) is 32.2 Å². The first-order valence-electron chi connectivity index (χ1n) is 10.2. The molecule has 0 bridgehead atoms. The van der Waals surface area contributed by atoms with E-state index in [1.54, 1.807) is 24.3 Å². The van der Waals surface area contributed by atoms with Gasteiger partial charge >= 0.3 is 5.97 Å². The van der Waals surface area contributed by atoms with Gasteiger partial charge in [-0.3, -0.25) is 4.31 Å². The summed E-state index contributed by atoms with van der Waals surface area (Å²) in [5, 5.41) is 9.89. The number of ether oxygens (including phenoxy) is 1. The summed E-state index contributed by atoms with van der Waals surface area (Å²) in [6.07, 6.45) is 3.02. The molecule has 5 nitrogen and oxygen atoms in total. The summed E-state index contributed by atoms with van der Waals surface area (Å²) in [5.74, 6) is -0.259. The second kappa shape index (κ2) is 10.3. The monoisotopic (exact) mass is 449 g/mol. The Bertz CT molecular complexity index is 1150. The normalized spacial score (nSPS) is 12.0. The second-order valence-electron chi connectivity index (χ2n) is 7.63. The molecule has 0 spiro atoms. The number of rotatable bonds is 7. The van der Waals surface area contributed by atoms with Crippen molar-refractivity contribution in [1.29, 1.82) is 0 Å². The van der Waals surface area contributed by atoms with E-state index in [0.29, 0.717) is 6.54 Å². The van der Waals surface area contributed by atoms with Crippen LogP contribution in [0.2, 0.25) is 0 Å². The Morgan fingerprint density at radius 1 is 1.03 bits per heavy atom. The van der Waals surface area contributed by atoms with Gasteiger partial charge in [0.2, 0.25) is 0 Å². The highest BCUT2D eigenvalue weighted by molar-refractivity contribution is 7.86. The van der Waals surface area contributed by atoms with Crippen LogP contribution in [0.25, 0.3) is 6.08 Å². The molecule has 3 aromatic rings. The number of phenolic OH excluding ortho intramolecular Hbond substituents is 1. The van der Waals surface area contributed by atoms with Crippen molar-refractivity contribution < 1.29 is 18.8 Å². The molecule has 166 valence electrons. The van der Waals surface area contributed by atoms with Crippen LogP contribution in [0, 0.1) is 20.8 Å². The number of nitrogens with zero attached hydrogens (tertiary/aromatic N) is 1. The first-order chi connectivity index (χ1) is 15.3. The zero-order valence-electron chi connectivity index (χ0n) is 18.7. The fourth-order valence-corrected chi connectivity index (χ4v) is 5.07. The molecule has 0 saturated carbocycles. The third kappa shape index (κ3) is 5.65. The first kappa shape index (κ1) is 23.3. The highest BCUT2D eigenvalue weighted by Crippen LogP contribution is 2.29. The van der Waals surface area contributed by atoms with Crippen molar-refractivity contribution in [3.63, 3.8) is 0 Å². The summed E-state index contributed by atoms with van der Waals surface area (Å²) in [6, 6.07) is 18.5. The lowest BCUT2D eigenvalue weighted by molar-refractivity contribution is -0.134. The number of phenols is 1. The summed E-state index contributed by atoms with van der Waals surface area (Å²) < 4.78 is 20.3. The smallest absolute Gasteiger partial charge is 0.330 e. The molecule has 1 unspecified atom stereocenters. The van der Waals surface area contributed by atoms with Crippen molar-refractivity contribution in [1.82, 2.24) is 0 Å². The Hall–Kier alpha value is -3.38. The van der Waals surface area contributed by atoms with Crippen LogP contribution in [0.4, 0.5) is 5.69 Å². The SMILES string of the molecule is COC(=O)/C=C/c1ccc(N(Cc2cccc(O)c2)S(=O)c2c(C)cc(C)cc2C)cc1. The molecule has 3 aromatic carbocycles. The van der Waals surface area contributed by atoms with Gasteiger partial charge in [0.1, 0.15) is 5.75 Å². The van der Waals surface area contributed by atoms with E-state index in [4.69, 9.17) is 0 Å². The Morgan fingerprint density at radius 3 is 2.28 bits per heavy atom. The number of methoxy groups -OCH3 is 1. The number of anilines is 1. The summed E-state index contributed by atoms with van der Waals surface area (Å²) in [4.78, 5) is 12.1. The number of carbonyl (C=O) groups excluding carboxylic acids is 1. The molecule has 1 atom stereocenters. The van der Waals surface area contributed by atoms with Gasteiger partial charge in [0.05, 0.1) is 24.2 Å². The molecule has 3 rings (SSSR count). The van der Waals surface area contributed by atoms with Gasteiger partial charge in [-0.05, 0) is 73.4 Å². The quantitative estimate of drug-likeness (QED) is 0.396. The molecule has 0 radical (unpaired) electrons. The van der Waals surface area contributed by atoms with Crippen LogP contribution in [-0.2, 0) is 27.1 Å². The van der Waals surface area contributed by atoms with Crippen LogP contribution in [0.15, 0.2) is 71.6 Å². The zero-order chi connectivity index (χ0) is 23.3. The van der Waals surface area contributed by atoms with Crippen molar-refractivity contribution in [3.05, 3.63) is 94.6 Å². The van der Waals surface area contributed by atoms with Crippen LogP contribution in [0.5, 0.6) is 5.75 Å². The van der Waals surface area contributed by atoms with E-state index in [2.05, 4.69) is 4.74 Å². The summed E-state index contributed by atoms with van der Waals surface area (Å²) in [7, 11) is -0.138. The predicted octanol–water partition coefficient (Wildman–Crippen LogP) is 5.23. The average molecular weight is 450 g/mol. The van der Waals surface area contributed by atoms with Gasteiger partial charge in [0.25, 0.3) is 0 Å². The molecular weight excluding hydrogens is 422 g/mol. The third-order valence-corrected chi connectivity index (χ3v) is 6.74. The van der Waals surface area contributed by atoms with Crippen LogP contribution >= 0.6 is 0 Å². The fraction of sp³-hybridized carbons (Fsp3) is 0.192. The maximum Gasteiger partial charge on any atom is 0.330 e. The van der Waals surface area contributed by atoms with E-state index >= 15 is 0 Å². The van der Waals surface area contributed by atoms with E-state index in [9.17, 15) is 14.1 Å². The number of hydrogen-bond donors (Lipinski definition) is 1. The van der Waals surface area contributed by atoms with Crippen molar-refractivity contribution in [2.75, 3.05) is 11.4 Å². The molecule has 0 aliphatic carbocycles. The summed E-state index contributed by atoms with van der Waals surface area (Å²) in [5.41, 5.74) is 5.50. The molecule has 0 saturated heterocycles. The predicted molar refractivity (Wildman–Crippen MR) is 129 cm³/mol. The molecule has 1 N–H and O–H groups in total. The Labute approximate surface area is 191 Å². The molecule has 0 heterocycles. The summed E-state index contributed by atoms with van der Waals surface area (Å²) >= 11 is 0. The van der Waals surface area contributed by atoms with Gasteiger partial charge in [-0.2, -0.15) is 0 Å². The lowest BCUT2D eigenvalue weighted by Gasteiger charge is -2.26. The van der Waals surface area contributed by atoms with E-state index in [-0.39, 0.29) is 5.75 Å². The van der Waals surface area contributed by atoms with Gasteiger partial charge in [0.15, 0.2) is 11.0 Å². The largest absolute Gasteiger partial charge is 0.508 e. The van der Waals surface area contributed by atoms with Gasteiger partial charge in [0, 0.05) is 6.08 Å². The molecule has 32 heavy (non-hydrogen) atoms. The third-order valence-electron chi connectivity index (χ3n) is 5.01. The van der Waals surface area contributed by atoms with Gasteiger partial charge in [-0.15, -0.1) is 0 Å². The minimum Gasteiger partial charge on any atom is -0.508 e. The molecule has 6 heteroatoms. The van der Waals surface area contributed by atoms with E-state index in [0.717, 1.165) is 38.4 Å². The second-order valence-corrected chi connectivity index (χ2v) is 8.98. The zero-order valence-corrected chi connectivity index (χ0v) is 19.5. The maximum atomic E-state index is 13.8. The number of benzene rings is 3. The van der Waals surface area contributed by atoms with Crippen LogP contribution < -0.4 is 4.31 Å². The number of aromatic hydroxyl groups is 1. The number of carbonyl (C=O) groups is 1. The molecule has 0 fully saturated rings. The van der Waals surface area contributed by atoms with Gasteiger partial charge in [-0.1, -0.05) is 42.0 Å². The Balaban J connectivity index is 2.00. The fourth-order valence-electron chi connectivity index (χ4n) is 3.60.